The van der Waals surface area contributed by atoms with Crippen molar-refractivity contribution >= 4 is 11.3 Å². The van der Waals surface area contributed by atoms with Gasteiger partial charge in [-0.3, -0.25) is 4.90 Å². The topological polar surface area (TPSA) is 24.5 Å². The van der Waals surface area contributed by atoms with Gasteiger partial charge in [0.1, 0.15) is 0 Å². The number of nitrogens with zero attached hydrogens (tertiary/aromatic N) is 1. The SMILES string of the molecule is [Cl-].[Cl-].c1cc(CNCCN2CCOCC2)cs1. The highest BCUT2D eigenvalue weighted by molar-refractivity contribution is 7.07. The summed E-state index contributed by atoms with van der Waals surface area (Å²) in [6.07, 6.45) is 0. The summed E-state index contributed by atoms with van der Waals surface area (Å²) < 4.78 is 5.30. The van der Waals surface area contributed by atoms with Crippen LogP contribution in [0.3, 0.4) is 0 Å². The lowest BCUT2D eigenvalue weighted by molar-refractivity contribution is -0.001000. The fraction of sp³-hybridized carbons (Fsp3) is 0.636. The van der Waals surface area contributed by atoms with Crippen molar-refractivity contribution in [2.45, 2.75) is 6.54 Å². The van der Waals surface area contributed by atoms with Crippen molar-refractivity contribution < 1.29 is 29.6 Å². The van der Waals surface area contributed by atoms with E-state index in [0.29, 0.717) is 0 Å². The first-order valence-corrected chi connectivity index (χ1v) is 6.41. The lowest BCUT2D eigenvalue weighted by Gasteiger charge is -2.26. The minimum Gasteiger partial charge on any atom is -1.00 e. The molecule has 1 fully saturated rings. The summed E-state index contributed by atoms with van der Waals surface area (Å²) in [7, 11) is 0. The molecule has 0 amide bonds. The van der Waals surface area contributed by atoms with E-state index in [9.17, 15) is 0 Å². The van der Waals surface area contributed by atoms with E-state index in [2.05, 4.69) is 27.0 Å². The van der Waals surface area contributed by atoms with Crippen LogP contribution < -0.4 is 30.1 Å². The summed E-state index contributed by atoms with van der Waals surface area (Å²) in [6, 6.07) is 2.17. The Kier molecular flexibility index (Phi) is 10.2. The van der Waals surface area contributed by atoms with E-state index in [1.54, 1.807) is 11.3 Å². The van der Waals surface area contributed by atoms with Crippen molar-refractivity contribution in [1.82, 2.24) is 10.2 Å². The first-order valence-electron chi connectivity index (χ1n) is 5.47. The van der Waals surface area contributed by atoms with Gasteiger partial charge in [-0.1, -0.05) is 0 Å². The molecule has 0 radical (unpaired) electrons. The van der Waals surface area contributed by atoms with E-state index in [4.69, 9.17) is 4.74 Å². The predicted molar refractivity (Wildman–Crippen MR) is 63.3 cm³/mol. The zero-order valence-electron chi connectivity index (χ0n) is 9.70. The van der Waals surface area contributed by atoms with Crippen molar-refractivity contribution in [2.24, 2.45) is 0 Å². The predicted octanol–water partition coefficient (Wildman–Crippen LogP) is -4.82. The van der Waals surface area contributed by atoms with Crippen molar-refractivity contribution in [1.29, 1.82) is 0 Å². The van der Waals surface area contributed by atoms with E-state index >= 15 is 0 Å². The van der Waals surface area contributed by atoms with Gasteiger partial charge in [-0.15, -0.1) is 0 Å². The van der Waals surface area contributed by atoms with Gasteiger partial charge in [0.25, 0.3) is 0 Å². The number of ether oxygens (including phenoxy) is 1. The van der Waals surface area contributed by atoms with Crippen molar-refractivity contribution in [3.63, 3.8) is 0 Å². The number of morpholine rings is 1. The third-order valence-corrected chi connectivity index (χ3v) is 3.35. The molecule has 0 unspecified atom stereocenters. The van der Waals surface area contributed by atoms with Crippen molar-refractivity contribution in [3.05, 3.63) is 22.4 Å². The minimum atomic E-state index is 0. The van der Waals surface area contributed by atoms with Gasteiger partial charge in [-0.2, -0.15) is 11.3 Å². The van der Waals surface area contributed by atoms with Crippen LogP contribution in [0.15, 0.2) is 16.8 Å². The summed E-state index contributed by atoms with van der Waals surface area (Å²) >= 11 is 1.76. The van der Waals surface area contributed by atoms with Crippen LogP contribution in [0.4, 0.5) is 0 Å². The maximum atomic E-state index is 5.30. The number of nitrogens with one attached hydrogen (secondary N) is 1. The number of thiophene rings is 1. The molecule has 1 aromatic rings. The highest BCUT2D eigenvalue weighted by Gasteiger charge is 2.08. The van der Waals surface area contributed by atoms with Gasteiger partial charge in [0.2, 0.25) is 0 Å². The van der Waals surface area contributed by atoms with E-state index in [0.717, 1.165) is 45.9 Å². The molecular weight excluding hydrogens is 279 g/mol. The van der Waals surface area contributed by atoms with Gasteiger partial charge < -0.3 is 34.9 Å². The molecule has 1 N–H and O–H groups in total. The van der Waals surface area contributed by atoms with Crippen LogP contribution in [0.25, 0.3) is 0 Å². The van der Waals surface area contributed by atoms with Crippen LogP contribution in [0.1, 0.15) is 5.56 Å². The summed E-state index contributed by atoms with van der Waals surface area (Å²) in [6.45, 7) is 7.15. The second-order valence-electron chi connectivity index (χ2n) is 3.76. The highest BCUT2D eigenvalue weighted by atomic mass is 35.5. The zero-order valence-corrected chi connectivity index (χ0v) is 12.0. The van der Waals surface area contributed by atoms with Crippen LogP contribution in [0.2, 0.25) is 0 Å². The lowest BCUT2D eigenvalue weighted by atomic mass is 10.3. The molecule has 3 nitrogen and oxygen atoms in total. The first-order chi connectivity index (χ1) is 7.45. The molecule has 0 saturated carbocycles. The highest BCUT2D eigenvalue weighted by Crippen LogP contribution is 2.04. The largest absolute Gasteiger partial charge is 1.00 e. The molecule has 0 spiro atoms. The van der Waals surface area contributed by atoms with E-state index in [1.807, 2.05) is 0 Å². The van der Waals surface area contributed by atoms with Gasteiger partial charge in [0, 0.05) is 32.7 Å². The molecule has 0 aromatic carbocycles. The van der Waals surface area contributed by atoms with Crippen molar-refractivity contribution in [2.75, 3.05) is 39.4 Å². The smallest absolute Gasteiger partial charge is 0.0594 e. The number of hydrogen-bond donors (Lipinski definition) is 1. The Balaban J connectivity index is 0.00000128. The lowest BCUT2D eigenvalue weighted by Crippen LogP contribution is -3.00. The molecule has 1 saturated heterocycles. The van der Waals surface area contributed by atoms with Gasteiger partial charge in [-0.05, 0) is 22.4 Å². The molecular formula is C11H18Cl2N2OS-2. The molecule has 0 atom stereocenters. The summed E-state index contributed by atoms with van der Waals surface area (Å²) in [5, 5.41) is 7.78. The van der Waals surface area contributed by atoms with Gasteiger partial charge in [-0.25, -0.2) is 0 Å². The number of hydrogen-bond acceptors (Lipinski definition) is 4. The van der Waals surface area contributed by atoms with Gasteiger partial charge in [0.15, 0.2) is 0 Å². The molecule has 1 aliphatic rings. The summed E-state index contributed by atoms with van der Waals surface area (Å²) in [4.78, 5) is 2.45. The van der Waals surface area contributed by atoms with Crippen LogP contribution in [0.5, 0.6) is 0 Å². The molecule has 100 valence electrons. The van der Waals surface area contributed by atoms with Crippen LogP contribution in [0, 0.1) is 0 Å². The van der Waals surface area contributed by atoms with E-state index in [-0.39, 0.29) is 24.8 Å². The van der Waals surface area contributed by atoms with Crippen molar-refractivity contribution in [3.8, 4) is 0 Å². The van der Waals surface area contributed by atoms with E-state index < -0.39 is 0 Å². The Hall–Kier alpha value is 0.160. The zero-order chi connectivity index (χ0) is 10.3. The molecule has 6 heteroatoms. The number of halogens is 2. The molecule has 1 aliphatic heterocycles. The molecule has 17 heavy (non-hydrogen) atoms. The second-order valence-corrected chi connectivity index (χ2v) is 4.54. The molecule has 2 heterocycles. The summed E-state index contributed by atoms with van der Waals surface area (Å²) in [5.41, 5.74) is 1.39. The van der Waals surface area contributed by atoms with Gasteiger partial charge >= 0.3 is 0 Å². The second kappa shape index (κ2) is 10.1. The minimum absolute atomic E-state index is 0. The number of rotatable bonds is 5. The first kappa shape index (κ1) is 17.2. The maximum absolute atomic E-state index is 5.30. The fourth-order valence-electron chi connectivity index (χ4n) is 1.69. The molecule has 0 bridgehead atoms. The third-order valence-electron chi connectivity index (χ3n) is 2.62. The average Bonchev–Trinajstić information content (AvgIpc) is 2.79. The van der Waals surface area contributed by atoms with Crippen LogP contribution >= 0.6 is 11.3 Å². The average molecular weight is 297 g/mol. The monoisotopic (exact) mass is 296 g/mol. The Morgan fingerprint density at radius 2 is 2.06 bits per heavy atom. The Morgan fingerprint density at radius 3 is 2.71 bits per heavy atom. The third kappa shape index (κ3) is 6.60. The molecule has 2 rings (SSSR count). The van der Waals surface area contributed by atoms with Crippen LogP contribution in [-0.4, -0.2) is 44.3 Å². The Morgan fingerprint density at radius 1 is 1.29 bits per heavy atom. The molecule has 0 aliphatic carbocycles. The Labute approximate surface area is 119 Å². The summed E-state index contributed by atoms with van der Waals surface area (Å²) in [5.74, 6) is 0. The molecule has 1 aromatic heterocycles. The fourth-order valence-corrected chi connectivity index (χ4v) is 2.36. The van der Waals surface area contributed by atoms with Gasteiger partial charge in [0.05, 0.1) is 13.2 Å². The van der Waals surface area contributed by atoms with E-state index in [1.165, 1.54) is 5.56 Å². The maximum Gasteiger partial charge on any atom is 0.0594 e. The standard InChI is InChI=1S/C11H18N2OS.2ClH/c1-8-15-10-11(1)9-12-2-3-13-4-6-14-7-5-13;;/h1,8,10,12H,2-7,9H2;2*1H/p-2. The Bertz CT molecular complexity index is 266. The quantitative estimate of drug-likeness (QED) is 0.552. The normalized spacial score (nSPS) is 16.0. The van der Waals surface area contributed by atoms with Crippen LogP contribution in [-0.2, 0) is 11.3 Å².